The molecule has 2 heterocycles. The van der Waals surface area contributed by atoms with Gasteiger partial charge in [-0.3, -0.25) is 0 Å². The minimum absolute atomic E-state index is 0.0618. The zero-order valence-corrected chi connectivity index (χ0v) is 16.2. The van der Waals surface area contributed by atoms with E-state index in [1.807, 2.05) is 0 Å². The number of benzene rings is 2. The fourth-order valence-electron chi connectivity index (χ4n) is 3.08. The second-order valence-electron chi connectivity index (χ2n) is 7.28. The number of hydrogen-bond donors (Lipinski definition) is 1. The smallest absolute Gasteiger partial charge is 0.268 e. The molecule has 0 spiro atoms. The van der Waals surface area contributed by atoms with E-state index in [1.165, 1.54) is 21.5 Å². The summed E-state index contributed by atoms with van der Waals surface area (Å²) < 4.78 is 0. The number of aromatic nitrogens is 5. The maximum Gasteiger partial charge on any atom is 0.268 e. The first kappa shape index (κ1) is 17.9. The van der Waals surface area contributed by atoms with Crippen molar-refractivity contribution in [3.63, 3.8) is 0 Å². The van der Waals surface area contributed by atoms with Crippen LogP contribution in [0.15, 0.2) is 73.3 Å². The van der Waals surface area contributed by atoms with Gasteiger partial charge in [-0.1, -0.05) is 55.8 Å². The molecule has 28 heavy (non-hydrogen) atoms. The normalized spacial score (nSPS) is 11.4. The van der Waals surface area contributed by atoms with Crippen LogP contribution < -0.4 is 5.32 Å². The Morgan fingerprint density at radius 2 is 1.29 bits per heavy atom. The molecule has 140 valence electrons. The summed E-state index contributed by atoms with van der Waals surface area (Å²) in [5.74, 6) is 0.436. The molecule has 0 aliphatic heterocycles. The van der Waals surface area contributed by atoms with Crippen molar-refractivity contribution in [3.05, 3.63) is 90.0 Å². The number of hydrogen-bond acceptors (Lipinski definition) is 5. The molecule has 0 aliphatic rings. The van der Waals surface area contributed by atoms with Crippen LogP contribution in [-0.2, 0) is 5.41 Å². The van der Waals surface area contributed by atoms with Crippen molar-refractivity contribution >= 4 is 11.4 Å². The molecule has 4 aromatic rings. The van der Waals surface area contributed by atoms with E-state index in [-0.39, 0.29) is 5.41 Å². The summed E-state index contributed by atoms with van der Waals surface area (Å²) in [6.07, 6.45) is 6.62. The molecule has 0 radical (unpaired) electrons. The predicted octanol–water partition coefficient (Wildman–Crippen LogP) is 4.44. The van der Waals surface area contributed by atoms with E-state index in [9.17, 15) is 0 Å². The van der Waals surface area contributed by atoms with E-state index in [2.05, 4.69) is 94.8 Å². The number of aryl methyl sites for hydroxylation is 1. The van der Waals surface area contributed by atoms with Gasteiger partial charge in [0.15, 0.2) is 0 Å². The summed E-state index contributed by atoms with van der Waals surface area (Å²) in [5, 5.41) is 11.4. The molecule has 0 saturated carbocycles. The molecule has 4 rings (SSSR count). The van der Waals surface area contributed by atoms with Gasteiger partial charge in [0.05, 0.1) is 30.5 Å². The zero-order valence-electron chi connectivity index (χ0n) is 16.2. The summed E-state index contributed by atoms with van der Waals surface area (Å²) in [7, 11) is 0. The molecule has 6 heteroatoms. The van der Waals surface area contributed by atoms with Crippen LogP contribution in [-0.4, -0.2) is 25.0 Å². The highest BCUT2D eigenvalue weighted by Crippen LogP contribution is 2.32. The Bertz CT molecular complexity index is 1030. The van der Waals surface area contributed by atoms with E-state index >= 15 is 0 Å². The largest absolute Gasteiger partial charge is 0.353 e. The Hall–Kier alpha value is -3.54. The van der Waals surface area contributed by atoms with Crippen molar-refractivity contribution in [1.82, 2.24) is 25.0 Å². The van der Waals surface area contributed by atoms with Crippen LogP contribution in [0.4, 0.5) is 11.4 Å². The Labute approximate surface area is 164 Å². The zero-order chi connectivity index (χ0) is 19.6. The van der Waals surface area contributed by atoms with Gasteiger partial charge in [0.2, 0.25) is 0 Å². The van der Waals surface area contributed by atoms with Crippen LogP contribution in [0.5, 0.6) is 0 Å². The van der Waals surface area contributed by atoms with Gasteiger partial charge in [-0.25, -0.2) is 9.97 Å². The number of rotatable bonds is 5. The third kappa shape index (κ3) is 3.62. The molecule has 0 unspecified atom stereocenters. The van der Waals surface area contributed by atoms with Gasteiger partial charge >= 0.3 is 0 Å². The summed E-state index contributed by atoms with van der Waals surface area (Å²) in [5.41, 5.74) is 5.57. The summed E-state index contributed by atoms with van der Waals surface area (Å²) in [4.78, 5) is 9.95. The lowest BCUT2D eigenvalue weighted by molar-refractivity contribution is 0.641. The molecular formula is C22H22N6. The van der Waals surface area contributed by atoms with Crippen LogP contribution in [0.1, 0.15) is 30.5 Å². The first-order chi connectivity index (χ1) is 13.5. The summed E-state index contributed by atoms with van der Waals surface area (Å²) in [6, 6.07) is 17.2. The monoisotopic (exact) mass is 370 g/mol. The van der Waals surface area contributed by atoms with Crippen molar-refractivity contribution in [2.75, 3.05) is 5.32 Å². The van der Waals surface area contributed by atoms with Crippen molar-refractivity contribution in [2.24, 2.45) is 0 Å². The second kappa shape index (κ2) is 7.23. The standard InChI is InChI=1S/C22H22N6/c1-16-4-6-17(7-5-16)22(2,3)18-8-10-19(11-9-18)27-20-14-23-21(24-15-20)28-25-12-13-26-28/h4-15,27H,1-3H3. The first-order valence-corrected chi connectivity index (χ1v) is 9.16. The van der Waals surface area contributed by atoms with E-state index in [1.54, 1.807) is 24.8 Å². The molecule has 1 N–H and O–H groups in total. The lowest BCUT2D eigenvalue weighted by Crippen LogP contribution is -2.18. The molecular weight excluding hydrogens is 348 g/mol. The van der Waals surface area contributed by atoms with Gasteiger partial charge in [0.1, 0.15) is 0 Å². The number of nitrogens with one attached hydrogen (secondary N) is 1. The van der Waals surface area contributed by atoms with Crippen molar-refractivity contribution in [3.8, 4) is 5.95 Å². The van der Waals surface area contributed by atoms with Crippen LogP contribution >= 0.6 is 0 Å². The Morgan fingerprint density at radius 1 is 0.750 bits per heavy atom. The highest BCUT2D eigenvalue weighted by atomic mass is 15.5. The third-order valence-corrected chi connectivity index (χ3v) is 4.90. The molecule has 0 amide bonds. The Balaban J connectivity index is 1.49. The molecule has 2 aromatic heterocycles. The molecule has 0 atom stereocenters. The maximum atomic E-state index is 4.29. The lowest BCUT2D eigenvalue weighted by atomic mass is 9.78. The van der Waals surface area contributed by atoms with E-state index in [4.69, 9.17) is 0 Å². The quantitative estimate of drug-likeness (QED) is 0.563. The minimum atomic E-state index is -0.0618. The third-order valence-electron chi connectivity index (χ3n) is 4.90. The summed E-state index contributed by atoms with van der Waals surface area (Å²) in [6.45, 7) is 6.60. The van der Waals surface area contributed by atoms with Crippen molar-refractivity contribution in [1.29, 1.82) is 0 Å². The topological polar surface area (TPSA) is 68.5 Å². The highest BCUT2D eigenvalue weighted by molar-refractivity contribution is 5.59. The van der Waals surface area contributed by atoms with Crippen molar-refractivity contribution < 1.29 is 0 Å². The van der Waals surface area contributed by atoms with E-state index in [0.717, 1.165) is 11.4 Å². The van der Waals surface area contributed by atoms with E-state index in [0.29, 0.717) is 5.95 Å². The molecule has 0 saturated heterocycles. The maximum absolute atomic E-state index is 4.29. The van der Waals surface area contributed by atoms with Crippen LogP contribution in [0.25, 0.3) is 5.95 Å². The number of anilines is 2. The second-order valence-corrected chi connectivity index (χ2v) is 7.28. The first-order valence-electron chi connectivity index (χ1n) is 9.16. The van der Waals surface area contributed by atoms with Gasteiger partial charge in [-0.15, -0.1) is 4.80 Å². The average Bonchev–Trinajstić information content (AvgIpc) is 3.24. The predicted molar refractivity (Wildman–Crippen MR) is 110 cm³/mol. The van der Waals surface area contributed by atoms with Gasteiger partial charge in [0, 0.05) is 11.1 Å². The van der Waals surface area contributed by atoms with Crippen LogP contribution in [0.2, 0.25) is 0 Å². The van der Waals surface area contributed by atoms with E-state index < -0.39 is 0 Å². The van der Waals surface area contributed by atoms with Gasteiger partial charge < -0.3 is 5.32 Å². The SMILES string of the molecule is Cc1ccc(C(C)(C)c2ccc(Nc3cnc(-n4nccn4)nc3)cc2)cc1. The average molecular weight is 370 g/mol. The van der Waals surface area contributed by atoms with Gasteiger partial charge in [-0.2, -0.15) is 10.2 Å². The Morgan fingerprint density at radius 3 is 1.86 bits per heavy atom. The fourth-order valence-corrected chi connectivity index (χ4v) is 3.08. The molecule has 0 bridgehead atoms. The van der Waals surface area contributed by atoms with Crippen LogP contribution in [0.3, 0.4) is 0 Å². The number of nitrogens with zero attached hydrogens (tertiary/aromatic N) is 5. The molecule has 6 nitrogen and oxygen atoms in total. The minimum Gasteiger partial charge on any atom is -0.353 e. The fraction of sp³-hybridized carbons (Fsp3) is 0.182. The van der Waals surface area contributed by atoms with Gasteiger partial charge in [-0.05, 0) is 30.2 Å². The highest BCUT2D eigenvalue weighted by Gasteiger charge is 2.22. The molecule has 2 aromatic carbocycles. The summed E-state index contributed by atoms with van der Waals surface area (Å²) >= 11 is 0. The molecule has 0 fully saturated rings. The van der Waals surface area contributed by atoms with Gasteiger partial charge in [0.25, 0.3) is 5.95 Å². The van der Waals surface area contributed by atoms with Crippen LogP contribution in [0, 0.1) is 6.92 Å². The van der Waals surface area contributed by atoms with Crippen molar-refractivity contribution in [2.45, 2.75) is 26.2 Å². The lowest BCUT2D eigenvalue weighted by Gasteiger charge is -2.26. The Kier molecular flexibility index (Phi) is 4.61. The molecule has 0 aliphatic carbocycles.